The number of carbonyl (C=O) groups excluding carboxylic acids is 2. The molecule has 1 amide bonds. The van der Waals surface area contributed by atoms with E-state index in [0.29, 0.717) is 17.5 Å². The Morgan fingerprint density at radius 1 is 1.02 bits per heavy atom. The van der Waals surface area contributed by atoms with Crippen molar-refractivity contribution in [3.8, 4) is 5.69 Å². The third kappa shape index (κ3) is 5.03. The first-order valence-corrected chi connectivity index (χ1v) is 13.5. The van der Waals surface area contributed by atoms with E-state index in [1.807, 2.05) is 12.1 Å². The molecular formula is C30H23ClFN5O5. The molecule has 3 aromatic carbocycles. The number of halogens is 2. The van der Waals surface area contributed by atoms with Crippen LogP contribution in [0.3, 0.4) is 0 Å². The van der Waals surface area contributed by atoms with Gasteiger partial charge in [-0.05, 0) is 53.4 Å². The Morgan fingerprint density at radius 3 is 2.50 bits per heavy atom. The van der Waals surface area contributed by atoms with Crippen LogP contribution in [-0.2, 0) is 27.3 Å². The second kappa shape index (κ2) is 11.2. The summed E-state index contributed by atoms with van der Waals surface area (Å²) >= 11 is 5.93. The zero-order valence-corrected chi connectivity index (χ0v) is 22.7. The molecule has 212 valence electrons. The number of Topliss-reactive ketones (excluding diaryl/α,β-unsaturated/α-hetero) is 1. The van der Waals surface area contributed by atoms with Crippen LogP contribution < -0.4 is 0 Å². The number of aromatic nitrogens is 3. The van der Waals surface area contributed by atoms with Crippen molar-refractivity contribution in [2.45, 2.75) is 31.4 Å². The number of carbonyl (C=O) groups is 3. The van der Waals surface area contributed by atoms with E-state index in [9.17, 15) is 23.9 Å². The SMILES string of the molecule is O=C(O)c1ccc(CC(=O)[C@@H]2c3cccc(-n4cnnc4)c3CCN2C(=O)[C@H]2CC(c3cccc(Cl)c3F)=NO2)cc1. The minimum Gasteiger partial charge on any atom is -0.478 e. The van der Waals surface area contributed by atoms with Gasteiger partial charge in [0.2, 0.25) is 6.10 Å². The molecule has 0 unspecified atom stereocenters. The zero-order valence-electron chi connectivity index (χ0n) is 22.0. The molecule has 2 aliphatic heterocycles. The van der Waals surface area contributed by atoms with Gasteiger partial charge < -0.3 is 14.8 Å². The van der Waals surface area contributed by atoms with Crippen molar-refractivity contribution in [1.29, 1.82) is 0 Å². The number of carboxylic acids is 1. The highest BCUT2D eigenvalue weighted by Crippen LogP contribution is 2.36. The maximum absolute atomic E-state index is 14.6. The third-order valence-electron chi connectivity index (χ3n) is 7.47. The molecule has 10 nitrogen and oxygen atoms in total. The number of rotatable bonds is 7. The van der Waals surface area contributed by atoms with Crippen molar-refractivity contribution in [1.82, 2.24) is 19.7 Å². The largest absolute Gasteiger partial charge is 0.478 e. The molecule has 0 fully saturated rings. The number of nitrogens with zero attached hydrogens (tertiary/aromatic N) is 5. The van der Waals surface area contributed by atoms with Crippen LogP contribution >= 0.6 is 11.6 Å². The Hall–Kier alpha value is -4.90. The minimum atomic E-state index is -1.07. The van der Waals surface area contributed by atoms with Gasteiger partial charge in [-0.15, -0.1) is 10.2 Å². The van der Waals surface area contributed by atoms with Crippen LogP contribution in [0.4, 0.5) is 4.39 Å². The monoisotopic (exact) mass is 587 g/mol. The molecular weight excluding hydrogens is 565 g/mol. The predicted molar refractivity (Wildman–Crippen MR) is 149 cm³/mol. The molecule has 12 heteroatoms. The lowest BCUT2D eigenvalue weighted by Gasteiger charge is -2.38. The number of carboxylic acid groups (broad SMARTS) is 1. The Morgan fingerprint density at radius 2 is 1.76 bits per heavy atom. The third-order valence-corrected chi connectivity index (χ3v) is 7.76. The quantitative estimate of drug-likeness (QED) is 0.343. The summed E-state index contributed by atoms with van der Waals surface area (Å²) in [5.41, 5.74) is 3.46. The summed E-state index contributed by atoms with van der Waals surface area (Å²) in [5, 5.41) is 20.9. The highest BCUT2D eigenvalue weighted by atomic mass is 35.5. The van der Waals surface area contributed by atoms with Gasteiger partial charge in [0.25, 0.3) is 5.91 Å². The Balaban J connectivity index is 1.31. The first-order valence-electron chi connectivity index (χ1n) is 13.1. The van der Waals surface area contributed by atoms with Crippen LogP contribution in [0.25, 0.3) is 5.69 Å². The van der Waals surface area contributed by atoms with Crippen LogP contribution in [-0.4, -0.2) is 60.8 Å². The number of amides is 1. The summed E-state index contributed by atoms with van der Waals surface area (Å²) in [6.07, 6.45) is 2.51. The normalized spacial score (nSPS) is 17.8. The molecule has 0 aliphatic carbocycles. The summed E-state index contributed by atoms with van der Waals surface area (Å²) < 4.78 is 16.4. The first-order chi connectivity index (χ1) is 20.3. The van der Waals surface area contributed by atoms with Gasteiger partial charge in [-0.2, -0.15) is 0 Å². The van der Waals surface area contributed by atoms with E-state index in [0.717, 1.165) is 11.3 Å². The summed E-state index contributed by atoms with van der Waals surface area (Å²) in [6, 6.07) is 15.1. The van der Waals surface area contributed by atoms with Crippen LogP contribution in [0.1, 0.15) is 45.1 Å². The van der Waals surface area contributed by atoms with Crippen molar-refractivity contribution >= 4 is 35.0 Å². The van der Waals surface area contributed by atoms with E-state index in [4.69, 9.17) is 16.4 Å². The van der Waals surface area contributed by atoms with Crippen molar-refractivity contribution in [2.24, 2.45) is 5.16 Å². The van der Waals surface area contributed by atoms with Crippen LogP contribution in [0, 0.1) is 5.82 Å². The van der Waals surface area contributed by atoms with Gasteiger partial charge in [0.15, 0.2) is 11.6 Å². The lowest BCUT2D eigenvalue weighted by molar-refractivity contribution is -0.149. The number of fused-ring (bicyclic) bond motifs is 1. The molecule has 3 heterocycles. The Bertz CT molecular complexity index is 1720. The average molecular weight is 588 g/mol. The van der Waals surface area contributed by atoms with Crippen molar-refractivity contribution < 1.29 is 28.7 Å². The minimum absolute atomic E-state index is 0.0117. The van der Waals surface area contributed by atoms with Gasteiger partial charge in [0.05, 0.1) is 22.0 Å². The maximum atomic E-state index is 14.6. The van der Waals surface area contributed by atoms with Gasteiger partial charge in [-0.3, -0.25) is 14.2 Å². The molecule has 0 bridgehead atoms. The molecule has 42 heavy (non-hydrogen) atoms. The fourth-order valence-electron chi connectivity index (χ4n) is 5.45. The average Bonchev–Trinajstić information content (AvgIpc) is 3.71. The number of benzene rings is 3. The molecule has 2 atom stereocenters. The molecule has 0 radical (unpaired) electrons. The van der Waals surface area contributed by atoms with Crippen LogP contribution in [0.15, 0.2) is 78.5 Å². The van der Waals surface area contributed by atoms with E-state index >= 15 is 0 Å². The number of hydrogen-bond donors (Lipinski definition) is 1. The Kier molecular flexibility index (Phi) is 7.26. The summed E-state index contributed by atoms with van der Waals surface area (Å²) in [4.78, 5) is 46.1. The summed E-state index contributed by atoms with van der Waals surface area (Å²) in [7, 11) is 0. The van der Waals surface area contributed by atoms with Crippen molar-refractivity contribution in [2.75, 3.05) is 6.54 Å². The van der Waals surface area contributed by atoms with Crippen molar-refractivity contribution in [3.63, 3.8) is 0 Å². The molecule has 2 aliphatic rings. The highest BCUT2D eigenvalue weighted by molar-refractivity contribution is 6.31. The van der Waals surface area contributed by atoms with E-state index in [-0.39, 0.29) is 47.0 Å². The van der Waals surface area contributed by atoms with E-state index in [1.165, 1.54) is 29.2 Å². The van der Waals surface area contributed by atoms with Gasteiger partial charge >= 0.3 is 5.97 Å². The highest BCUT2D eigenvalue weighted by Gasteiger charge is 2.42. The second-order valence-corrected chi connectivity index (χ2v) is 10.4. The van der Waals surface area contributed by atoms with Crippen molar-refractivity contribution in [3.05, 3.63) is 112 Å². The zero-order chi connectivity index (χ0) is 29.4. The fraction of sp³-hybridized carbons (Fsp3) is 0.200. The molecule has 0 saturated carbocycles. The van der Waals surface area contributed by atoms with Gasteiger partial charge in [0, 0.05) is 24.9 Å². The summed E-state index contributed by atoms with van der Waals surface area (Å²) in [6.45, 7) is 0.222. The van der Waals surface area contributed by atoms with E-state index in [2.05, 4.69) is 15.4 Å². The van der Waals surface area contributed by atoms with Gasteiger partial charge in [-0.25, -0.2) is 9.18 Å². The molecule has 4 aromatic rings. The number of oxime groups is 1. The molecule has 0 saturated heterocycles. The topological polar surface area (TPSA) is 127 Å². The Labute approximate surface area is 244 Å². The van der Waals surface area contributed by atoms with Crippen LogP contribution in [0.5, 0.6) is 0 Å². The van der Waals surface area contributed by atoms with E-state index < -0.39 is 29.8 Å². The summed E-state index contributed by atoms with van der Waals surface area (Å²) in [5.74, 6) is -2.42. The smallest absolute Gasteiger partial charge is 0.335 e. The standard InChI is InChI=1S/C30H23ClFN5O5/c31-22-5-1-4-21(27(22)32)23-14-26(42-35-23)29(39)37-12-11-19-20(3-2-6-24(19)36-15-33-34-16-36)28(37)25(38)13-17-7-9-18(10-8-17)30(40)41/h1-10,15-16,26,28H,11-14H2,(H,40,41)/t26-,28+/m1/s1. The number of hydrogen-bond acceptors (Lipinski definition) is 7. The van der Waals surface area contributed by atoms with Gasteiger partial charge in [0.1, 0.15) is 18.7 Å². The molecule has 1 aromatic heterocycles. The molecule has 6 rings (SSSR count). The first kappa shape index (κ1) is 27.3. The maximum Gasteiger partial charge on any atom is 0.335 e. The molecule has 1 N–H and O–H groups in total. The molecule has 0 spiro atoms. The fourth-order valence-corrected chi connectivity index (χ4v) is 5.62. The van der Waals surface area contributed by atoms with Gasteiger partial charge in [-0.1, -0.05) is 47.1 Å². The van der Waals surface area contributed by atoms with Crippen LogP contribution in [0.2, 0.25) is 5.02 Å². The lowest BCUT2D eigenvalue weighted by atomic mass is 9.86. The number of ketones is 1. The lowest BCUT2D eigenvalue weighted by Crippen LogP contribution is -2.48. The second-order valence-electron chi connectivity index (χ2n) is 9.98. The number of aromatic carboxylic acids is 1. The van der Waals surface area contributed by atoms with E-state index in [1.54, 1.807) is 41.5 Å². The predicted octanol–water partition coefficient (Wildman–Crippen LogP) is 4.19.